The molecule has 0 aliphatic carbocycles. The second-order valence-electron chi connectivity index (χ2n) is 7.54. The standard InChI is InChI=1S/C19H19N5O3/c1-19(2,3)17(26)14-15(12-6-7-22-23-12)24(18(27)16(14)25)10-4-5-11-13(8-10)21-9-20-11/h4-9,15,25H,1-3H3,(H,20,21)(H,22,23)/t15-/m0/s1. The van der Waals surface area contributed by atoms with E-state index < -0.39 is 23.1 Å². The second-order valence-corrected chi connectivity index (χ2v) is 7.54. The lowest BCUT2D eigenvalue weighted by Gasteiger charge is -2.27. The third-order valence-electron chi connectivity index (χ3n) is 4.63. The molecule has 8 nitrogen and oxygen atoms in total. The molecule has 0 bridgehead atoms. The van der Waals surface area contributed by atoms with Crippen LogP contribution in [-0.2, 0) is 9.59 Å². The summed E-state index contributed by atoms with van der Waals surface area (Å²) in [5.74, 6) is -1.45. The van der Waals surface area contributed by atoms with Crippen LogP contribution in [0, 0.1) is 5.41 Å². The van der Waals surface area contributed by atoms with E-state index in [0.717, 1.165) is 11.0 Å². The van der Waals surface area contributed by atoms with Crippen LogP contribution < -0.4 is 4.90 Å². The van der Waals surface area contributed by atoms with Crippen LogP contribution in [0.25, 0.3) is 11.0 Å². The minimum absolute atomic E-state index is 0.0708. The number of fused-ring (bicyclic) bond motifs is 1. The lowest BCUT2D eigenvalue weighted by atomic mass is 9.83. The Bertz CT molecular complexity index is 1070. The number of Topliss-reactive ketones (excluding diaryl/α,β-unsaturated/α-hetero) is 1. The second kappa shape index (κ2) is 5.80. The predicted octanol–water partition coefficient (Wildman–Crippen LogP) is 2.80. The average molecular weight is 365 g/mol. The number of rotatable bonds is 3. The van der Waals surface area contributed by atoms with Crippen molar-refractivity contribution in [3.63, 3.8) is 0 Å². The van der Waals surface area contributed by atoms with Crippen molar-refractivity contribution >= 4 is 28.4 Å². The molecule has 3 N–H and O–H groups in total. The largest absolute Gasteiger partial charge is 0.503 e. The van der Waals surface area contributed by atoms with Crippen LogP contribution in [0.4, 0.5) is 5.69 Å². The van der Waals surface area contributed by atoms with E-state index in [2.05, 4.69) is 20.2 Å². The first kappa shape index (κ1) is 17.0. The molecule has 2 aromatic heterocycles. The van der Waals surface area contributed by atoms with Crippen LogP contribution >= 0.6 is 0 Å². The van der Waals surface area contributed by atoms with Gasteiger partial charge in [0.15, 0.2) is 11.5 Å². The zero-order chi connectivity index (χ0) is 19.3. The third-order valence-corrected chi connectivity index (χ3v) is 4.63. The molecule has 1 amide bonds. The molecule has 0 unspecified atom stereocenters. The number of aromatic amines is 2. The van der Waals surface area contributed by atoms with Gasteiger partial charge in [-0.2, -0.15) is 5.10 Å². The van der Waals surface area contributed by atoms with E-state index >= 15 is 0 Å². The van der Waals surface area contributed by atoms with Crippen LogP contribution in [0.3, 0.4) is 0 Å². The van der Waals surface area contributed by atoms with Gasteiger partial charge in [0, 0.05) is 17.3 Å². The number of carbonyl (C=O) groups excluding carboxylic acids is 2. The number of ketones is 1. The summed E-state index contributed by atoms with van der Waals surface area (Å²) in [4.78, 5) is 34.5. The summed E-state index contributed by atoms with van der Waals surface area (Å²) in [5, 5.41) is 17.4. The van der Waals surface area contributed by atoms with E-state index in [1.807, 2.05) is 0 Å². The van der Waals surface area contributed by atoms with Crippen LogP contribution in [0.15, 0.2) is 48.1 Å². The Morgan fingerprint density at radius 2 is 2.04 bits per heavy atom. The molecule has 1 aliphatic heterocycles. The van der Waals surface area contributed by atoms with E-state index in [1.54, 1.807) is 57.6 Å². The van der Waals surface area contributed by atoms with Crippen molar-refractivity contribution < 1.29 is 14.7 Å². The van der Waals surface area contributed by atoms with Gasteiger partial charge in [-0.15, -0.1) is 0 Å². The number of imidazole rings is 1. The molecule has 0 fully saturated rings. The summed E-state index contributed by atoms with van der Waals surface area (Å²) in [5.41, 5.74) is 1.90. The highest BCUT2D eigenvalue weighted by molar-refractivity contribution is 6.17. The fraction of sp³-hybridized carbons (Fsp3) is 0.263. The highest BCUT2D eigenvalue weighted by Crippen LogP contribution is 2.43. The number of nitrogens with one attached hydrogen (secondary N) is 2. The summed E-state index contributed by atoms with van der Waals surface area (Å²) in [6.07, 6.45) is 3.11. The molecule has 138 valence electrons. The molecule has 1 atom stereocenters. The zero-order valence-corrected chi connectivity index (χ0v) is 15.1. The van der Waals surface area contributed by atoms with Crippen molar-refractivity contribution in [2.24, 2.45) is 5.41 Å². The van der Waals surface area contributed by atoms with Gasteiger partial charge in [0.1, 0.15) is 6.04 Å². The van der Waals surface area contributed by atoms with Gasteiger partial charge >= 0.3 is 0 Å². The summed E-state index contributed by atoms with van der Waals surface area (Å²) in [6, 6.07) is 6.18. The number of aromatic nitrogens is 4. The number of H-pyrrole nitrogens is 2. The Hall–Kier alpha value is -3.42. The van der Waals surface area contributed by atoms with Crippen molar-refractivity contribution in [2.75, 3.05) is 4.90 Å². The van der Waals surface area contributed by atoms with Crippen molar-refractivity contribution in [1.82, 2.24) is 20.2 Å². The Morgan fingerprint density at radius 1 is 1.26 bits per heavy atom. The molecule has 1 aromatic carbocycles. The number of carbonyl (C=O) groups is 2. The van der Waals surface area contributed by atoms with Gasteiger partial charge in [0.2, 0.25) is 0 Å². The number of aliphatic hydroxyl groups is 1. The molecule has 3 aromatic rings. The number of nitrogens with zero attached hydrogens (tertiary/aromatic N) is 3. The Kier molecular flexibility index (Phi) is 3.66. The van der Waals surface area contributed by atoms with Gasteiger partial charge in [0.25, 0.3) is 5.91 Å². The lowest BCUT2D eigenvalue weighted by Crippen LogP contribution is -2.33. The smallest absolute Gasteiger partial charge is 0.294 e. The van der Waals surface area contributed by atoms with Gasteiger partial charge < -0.3 is 10.1 Å². The maximum absolute atomic E-state index is 13.0. The minimum Gasteiger partial charge on any atom is -0.503 e. The normalized spacial score (nSPS) is 18.0. The predicted molar refractivity (Wildman–Crippen MR) is 99.0 cm³/mol. The van der Waals surface area contributed by atoms with Crippen molar-refractivity contribution in [3.8, 4) is 0 Å². The quantitative estimate of drug-likeness (QED) is 0.660. The van der Waals surface area contributed by atoms with E-state index in [0.29, 0.717) is 11.4 Å². The van der Waals surface area contributed by atoms with Crippen LogP contribution in [0.2, 0.25) is 0 Å². The van der Waals surface area contributed by atoms with Gasteiger partial charge in [-0.3, -0.25) is 19.6 Å². The fourth-order valence-electron chi connectivity index (χ4n) is 3.29. The average Bonchev–Trinajstić information content (AvgIpc) is 3.33. The molecule has 8 heteroatoms. The number of hydrogen-bond acceptors (Lipinski definition) is 5. The monoisotopic (exact) mass is 365 g/mol. The van der Waals surface area contributed by atoms with Gasteiger partial charge in [-0.25, -0.2) is 4.98 Å². The number of anilines is 1. The van der Waals surface area contributed by atoms with Gasteiger partial charge in [0.05, 0.1) is 28.6 Å². The fourth-order valence-corrected chi connectivity index (χ4v) is 3.29. The Balaban J connectivity index is 1.89. The molecular weight excluding hydrogens is 346 g/mol. The lowest BCUT2D eigenvalue weighted by molar-refractivity contribution is -0.123. The third kappa shape index (κ3) is 2.61. The Morgan fingerprint density at radius 3 is 2.70 bits per heavy atom. The SMILES string of the molecule is CC(C)(C)C(=O)C1=C(O)C(=O)N(c2ccc3nc[nH]c3c2)[C@H]1c1ccn[nH]1. The van der Waals surface area contributed by atoms with Crippen molar-refractivity contribution in [2.45, 2.75) is 26.8 Å². The number of aliphatic hydroxyl groups excluding tert-OH is 1. The molecule has 3 heterocycles. The highest BCUT2D eigenvalue weighted by atomic mass is 16.3. The van der Waals surface area contributed by atoms with Crippen LogP contribution in [0.5, 0.6) is 0 Å². The van der Waals surface area contributed by atoms with Gasteiger partial charge in [-0.05, 0) is 24.3 Å². The maximum Gasteiger partial charge on any atom is 0.294 e. The molecule has 0 saturated carbocycles. The first-order chi connectivity index (χ1) is 12.8. The number of benzene rings is 1. The molecule has 1 aliphatic rings. The first-order valence-corrected chi connectivity index (χ1v) is 8.53. The maximum atomic E-state index is 13.0. The van der Waals surface area contributed by atoms with E-state index in [1.165, 1.54) is 4.90 Å². The van der Waals surface area contributed by atoms with E-state index in [4.69, 9.17) is 0 Å². The minimum atomic E-state index is -0.785. The first-order valence-electron chi connectivity index (χ1n) is 8.53. The van der Waals surface area contributed by atoms with Gasteiger partial charge in [-0.1, -0.05) is 20.8 Å². The molecule has 27 heavy (non-hydrogen) atoms. The van der Waals surface area contributed by atoms with E-state index in [-0.39, 0.29) is 11.4 Å². The van der Waals surface area contributed by atoms with E-state index in [9.17, 15) is 14.7 Å². The molecular formula is C19H19N5O3. The molecule has 4 rings (SSSR count). The molecule has 0 radical (unpaired) electrons. The summed E-state index contributed by atoms with van der Waals surface area (Å²) in [7, 11) is 0. The van der Waals surface area contributed by atoms with Crippen molar-refractivity contribution in [1.29, 1.82) is 0 Å². The zero-order valence-electron chi connectivity index (χ0n) is 15.1. The molecule has 0 spiro atoms. The number of amides is 1. The highest BCUT2D eigenvalue weighted by Gasteiger charge is 2.47. The topological polar surface area (TPSA) is 115 Å². The summed E-state index contributed by atoms with van der Waals surface area (Å²) < 4.78 is 0. The summed E-state index contributed by atoms with van der Waals surface area (Å²) >= 11 is 0. The molecule has 0 saturated heterocycles. The Labute approximate surface area is 154 Å². The number of hydrogen-bond donors (Lipinski definition) is 3. The summed E-state index contributed by atoms with van der Waals surface area (Å²) in [6.45, 7) is 5.26. The van der Waals surface area contributed by atoms with Crippen LogP contribution in [0.1, 0.15) is 32.5 Å². The van der Waals surface area contributed by atoms with Crippen molar-refractivity contribution in [3.05, 3.63) is 53.8 Å². The van der Waals surface area contributed by atoms with Crippen LogP contribution in [-0.4, -0.2) is 37.0 Å².